The van der Waals surface area contributed by atoms with E-state index in [1.165, 1.54) is 75.1 Å². The van der Waals surface area contributed by atoms with Crippen LogP contribution < -0.4 is 4.90 Å². The molecule has 0 radical (unpaired) electrons. The monoisotopic (exact) mass is 794 g/mol. The molecule has 0 saturated carbocycles. The van der Waals surface area contributed by atoms with Crippen molar-refractivity contribution in [2.75, 3.05) is 4.90 Å². The second kappa shape index (κ2) is 14.5. The van der Waals surface area contributed by atoms with Gasteiger partial charge in [-0.3, -0.25) is 0 Å². The quantitative estimate of drug-likeness (QED) is 0.156. The van der Waals surface area contributed by atoms with Gasteiger partial charge in [0.15, 0.2) is 0 Å². The molecule has 0 saturated heterocycles. The third-order valence-corrected chi connectivity index (χ3v) is 13.4. The van der Waals surface area contributed by atoms with Crippen LogP contribution in [0.4, 0.5) is 17.1 Å². The predicted octanol–water partition coefficient (Wildman–Crippen LogP) is 16.8. The zero-order chi connectivity index (χ0) is 40.3. The predicted molar refractivity (Wildman–Crippen MR) is 262 cm³/mol. The van der Waals surface area contributed by atoms with E-state index in [1.807, 2.05) is 11.3 Å². The molecule has 2 nitrogen and oxygen atoms in total. The number of nitrogens with zero attached hydrogens (tertiary/aromatic N) is 2. The highest BCUT2D eigenvalue weighted by Crippen LogP contribution is 2.51. The topological polar surface area (TPSA) is 8.17 Å². The van der Waals surface area contributed by atoms with Gasteiger partial charge >= 0.3 is 0 Å². The molecule has 0 atom stereocenters. The van der Waals surface area contributed by atoms with E-state index >= 15 is 0 Å². The fraction of sp³-hybridized carbons (Fsp3) is 0. The average molecular weight is 795 g/mol. The smallest absolute Gasteiger partial charge is 0.0562 e. The number of benzene rings is 10. The van der Waals surface area contributed by atoms with Crippen molar-refractivity contribution in [1.29, 1.82) is 0 Å². The Bertz CT molecular complexity index is 3590. The van der Waals surface area contributed by atoms with Crippen LogP contribution in [0.15, 0.2) is 231 Å². The largest absolute Gasteiger partial charge is 0.309 e. The van der Waals surface area contributed by atoms with Gasteiger partial charge in [0, 0.05) is 53.3 Å². The molecule has 0 unspecified atom stereocenters. The molecule has 0 N–H and O–H groups in total. The van der Waals surface area contributed by atoms with E-state index in [0.717, 1.165) is 33.8 Å². The number of aromatic nitrogens is 1. The summed E-state index contributed by atoms with van der Waals surface area (Å²) in [5.41, 5.74) is 14.0. The molecule has 0 fully saturated rings. The van der Waals surface area contributed by atoms with Crippen LogP contribution in [0.25, 0.3) is 91.8 Å². The Balaban J connectivity index is 1.20. The van der Waals surface area contributed by atoms with Gasteiger partial charge in [0.25, 0.3) is 0 Å². The first-order valence-corrected chi connectivity index (χ1v) is 21.7. The lowest BCUT2D eigenvalue weighted by atomic mass is 9.90. The minimum atomic E-state index is 1.11. The maximum absolute atomic E-state index is 2.55. The van der Waals surface area contributed by atoms with Crippen molar-refractivity contribution in [3.8, 4) is 39.1 Å². The van der Waals surface area contributed by atoms with Crippen molar-refractivity contribution in [2.24, 2.45) is 0 Å². The molecule has 3 heteroatoms. The lowest BCUT2D eigenvalue weighted by Crippen LogP contribution is -2.13. The van der Waals surface area contributed by atoms with Crippen molar-refractivity contribution in [3.05, 3.63) is 231 Å². The molecule has 0 aliphatic rings. The number of hydrogen-bond donors (Lipinski definition) is 0. The Kier molecular flexibility index (Phi) is 8.39. The minimum Gasteiger partial charge on any atom is -0.309 e. The van der Waals surface area contributed by atoms with Gasteiger partial charge in [-0.15, -0.1) is 11.3 Å². The number of anilines is 3. The second-order valence-corrected chi connectivity index (χ2v) is 16.6. The first-order valence-electron chi connectivity index (χ1n) is 20.9. The summed E-state index contributed by atoms with van der Waals surface area (Å²) in [5.74, 6) is 0. The highest BCUT2D eigenvalue weighted by Gasteiger charge is 2.26. The standard InChI is InChI=1S/C58H38N2S/c1-3-19-39(20-4-1)42-29-15-21-40-22-16-30-46(56(40)42)43-25-7-11-33-50(43)60(51-34-12-8-26-44(51)47-31-17-32-48-45-27-10-14-38-55(45)61-58(47)48)54-37-18-36-53-57(54)49-28-9-13-35-52(49)59(53)41-23-5-2-6-24-41/h1-38H. The normalized spacial score (nSPS) is 11.6. The number of thiophene rings is 1. The summed E-state index contributed by atoms with van der Waals surface area (Å²) >= 11 is 1.88. The molecule has 12 aromatic rings. The first-order chi connectivity index (χ1) is 30.3. The highest BCUT2D eigenvalue weighted by atomic mass is 32.1. The Morgan fingerprint density at radius 2 is 0.852 bits per heavy atom. The molecule has 0 aliphatic heterocycles. The molecule has 0 spiro atoms. The van der Waals surface area contributed by atoms with Crippen LogP contribution in [-0.4, -0.2) is 4.57 Å². The van der Waals surface area contributed by atoms with Crippen LogP contribution in [-0.2, 0) is 0 Å². The van der Waals surface area contributed by atoms with Gasteiger partial charge in [-0.1, -0.05) is 182 Å². The Morgan fingerprint density at radius 3 is 1.64 bits per heavy atom. The number of para-hydroxylation sites is 4. The summed E-state index contributed by atoms with van der Waals surface area (Å²) < 4.78 is 5.01. The summed E-state index contributed by atoms with van der Waals surface area (Å²) in [4.78, 5) is 2.55. The molecule has 12 rings (SSSR count). The molecule has 61 heavy (non-hydrogen) atoms. The summed E-state index contributed by atoms with van der Waals surface area (Å²) in [5, 5.41) is 7.45. The molecular weight excluding hydrogens is 757 g/mol. The molecule has 0 aliphatic carbocycles. The lowest BCUT2D eigenvalue weighted by molar-refractivity contribution is 1.18. The maximum atomic E-state index is 2.55. The molecule has 0 amide bonds. The molecule has 286 valence electrons. The zero-order valence-electron chi connectivity index (χ0n) is 33.2. The van der Waals surface area contributed by atoms with E-state index in [4.69, 9.17) is 0 Å². The number of fused-ring (bicyclic) bond motifs is 7. The van der Waals surface area contributed by atoms with Crippen molar-refractivity contribution in [3.63, 3.8) is 0 Å². The van der Waals surface area contributed by atoms with Crippen molar-refractivity contribution >= 4 is 81.1 Å². The molecular formula is C58H38N2S. The van der Waals surface area contributed by atoms with Crippen LogP contribution in [0.3, 0.4) is 0 Å². The van der Waals surface area contributed by atoms with Crippen molar-refractivity contribution in [2.45, 2.75) is 0 Å². The first kappa shape index (κ1) is 35.2. The molecule has 0 bridgehead atoms. The Morgan fingerprint density at radius 1 is 0.328 bits per heavy atom. The van der Waals surface area contributed by atoms with Crippen molar-refractivity contribution < 1.29 is 0 Å². The Hall–Kier alpha value is -7.72. The lowest BCUT2D eigenvalue weighted by Gasteiger charge is -2.31. The molecule has 10 aromatic carbocycles. The third kappa shape index (κ3) is 5.70. The van der Waals surface area contributed by atoms with Gasteiger partial charge in [-0.2, -0.15) is 0 Å². The van der Waals surface area contributed by atoms with E-state index in [-0.39, 0.29) is 0 Å². The number of hydrogen-bond acceptors (Lipinski definition) is 2. The van der Waals surface area contributed by atoms with Crippen LogP contribution >= 0.6 is 11.3 Å². The molecule has 2 heterocycles. The maximum Gasteiger partial charge on any atom is 0.0562 e. The van der Waals surface area contributed by atoms with Crippen LogP contribution in [0.2, 0.25) is 0 Å². The van der Waals surface area contributed by atoms with Gasteiger partial charge in [0.2, 0.25) is 0 Å². The van der Waals surface area contributed by atoms with E-state index in [0.29, 0.717) is 0 Å². The summed E-state index contributed by atoms with van der Waals surface area (Å²) in [7, 11) is 0. The van der Waals surface area contributed by atoms with E-state index in [9.17, 15) is 0 Å². The fourth-order valence-corrected chi connectivity index (χ4v) is 10.8. The summed E-state index contributed by atoms with van der Waals surface area (Å²) in [6.45, 7) is 0. The van der Waals surface area contributed by atoms with Gasteiger partial charge in [0.1, 0.15) is 0 Å². The summed E-state index contributed by atoms with van der Waals surface area (Å²) in [6, 6.07) is 84.3. The fourth-order valence-electron chi connectivity index (χ4n) is 9.61. The van der Waals surface area contributed by atoms with Crippen molar-refractivity contribution in [1.82, 2.24) is 4.57 Å². The SMILES string of the molecule is c1ccc(-c2cccc3cccc(-c4ccccc4N(c4ccccc4-c4cccc5c4sc4ccccc45)c4cccc5c4c4ccccc4n5-c4ccccc4)c23)cc1. The van der Waals surface area contributed by atoms with E-state index in [2.05, 4.69) is 240 Å². The van der Waals surface area contributed by atoms with Gasteiger partial charge in [0.05, 0.1) is 28.1 Å². The molecule has 2 aromatic heterocycles. The van der Waals surface area contributed by atoms with E-state index < -0.39 is 0 Å². The third-order valence-electron chi connectivity index (χ3n) is 12.2. The van der Waals surface area contributed by atoms with E-state index in [1.54, 1.807) is 0 Å². The highest BCUT2D eigenvalue weighted by molar-refractivity contribution is 7.26. The Labute approximate surface area is 358 Å². The average Bonchev–Trinajstić information content (AvgIpc) is 3.89. The zero-order valence-corrected chi connectivity index (χ0v) is 34.1. The van der Waals surface area contributed by atoms with Crippen LogP contribution in [0, 0.1) is 0 Å². The van der Waals surface area contributed by atoms with Gasteiger partial charge in [-0.25, -0.2) is 0 Å². The minimum absolute atomic E-state index is 1.11. The summed E-state index contributed by atoms with van der Waals surface area (Å²) in [6.07, 6.45) is 0. The van der Waals surface area contributed by atoms with Gasteiger partial charge in [-0.05, 0) is 76.0 Å². The number of rotatable bonds is 7. The second-order valence-electron chi connectivity index (χ2n) is 15.6. The van der Waals surface area contributed by atoms with Crippen LogP contribution in [0.1, 0.15) is 0 Å². The van der Waals surface area contributed by atoms with Gasteiger partial charge < -0.3 is 9.47 Å². The van der Waals surface area contributed by atoms with Crippen LogP contribution in [0.5, 0.6) is 0 Å².